The Kier molecular flexibility index (Phi) is 2.77. The zero-order valence-electron chi connectivity index (χ0n) is 9.14. The van der Waals surface area contributed by atoms with Crippen molar-refractivity contribution < 1.29 is 4.74 Å². The van der Waals surface area contributed by atoms with E-state index in [2.05, 4.69) is 28.9 Å². The minimum Gasteiger partial charge on any atom is -0.497 e. The molecule has 1 fully saturated rings. The lowest BCUT2D eigenvalue weighted by Gasteiger charge is -2.39. The Morgan fingerprint density at radius 3 is 2.53 bits per heavy atom. The van der Waals surface area contributed by atoms with Crippen molar-refractivity contribution in [2.45, 2.75) is 31.7 Å². The third-order valence-electron chi connectivity index (χ3n) is 3.25. The van der Waals surface area contributed by atoms with Gasteiger partial charge in [-0.2, -0.15) is 0 Å². The summed E-state index contributed by atoms with van der Waals surface area (Å²) in [6, 6.07) is 4.08. The Hall–Kier alpha value is -0.540. The van der Waals surface area contributed by atoms with Crippen molar-refractivity contribution in [1.82, 2.24) is 0 Å². The van der Waals surface area contributed by atoms with E-state index in [1.165, 1.54) is 17.5 Å². The van der Waals surface area contributed by atoms with Crippen molar-refractivity contribution >= 4 is 15.9 Å². The molecule has 1 aromatic carbocycles. The van der Waals surface area contributed by atoms with Crippen LogP contribution < -0.4 is 10.5 Å². The van der Waals surface area contributed by atoms with E-state index in [4.69, 9.17) is 10.5 Å². The molecule has 1 aliphatic carbocycles. The molecule has 15 heavy (non-hydrogen) atoms. The fraction of sp³-hybridized carbons (Fsp3) is 0.500. The summed E-state index contributed by atoms with van der Waals surface area (Å²) < 4.78 is 6.41. The lowest BCUT2D eigenvalue weighted by Crippen LogP contribution is -2.43. The van der Waals surface area contributed by atoms with Gasteiger partial charge in [-0.3, -0.25) is 0 Å². The average Bonchev–Trinajstić information content (AvgIpc) is 2.18. The van der Waals surface area contributed by atoms with Crippen LogP contribution in [0.1, 0.15) is 30.4 Å². The summed E-state index contributed by atoms with van der Waals surface area (Å²) in [6.45, 7) is 2.07. The molecule has 0 heterocycles. The zero-order valence-corrected chi connectivity index (χ0v) is 10.7. The topological polar surface area (TPSA) is 35.2 Å². The van der Waals surface area contributed by atoms with Gasteiger partial charge in [-0.15, -0.1) is 0 Å². The van der Waals surface area contributed by atoms with Crippen LogP contribution in [0.4, 0.5) is 0 Å². The SMILES string of the molecule is COc1cc(C)c(Br)c(C2(N)CCC2)c1. The van der Waals surface area contributed by atoms with Gasteiger partial charge in [0.05, 0.1) is 7.11 Å². The molecule has 0 unspecified atom stereocenters. The van der Waals surface area contributed by atoms with E-state index < -0.39 is 0 Å². The minimum absolute atomic E-state index is 0.141. The highest BCUT2D eigenvalue weighted by molar-refractivity contribution is 9.10. The van der Waals surface area contributed by atoms with E-state index in [-0.39, 0.29) is 5.54 Å². The van der Waals surface area contributed by atoms with E-state index in [1.54, 1.807) is 7.11 Å². The number of rotatable bonds is 2. The molecule has 0 radical (unpaired) electrons. The van der Waals surface area contributed by atoms with E-state index in [0.717, 1.165) is 23.1 Å². The Balaban J connectivity index is 2.49. The van der Waals surface area contributed by atoms with Crippen molar-refractivity contribution in [3.05, 3.63) is 27.7 Å². The summed E-state index contributed by atoms with van der Waals surface area (Å²) >= 11 is 3.62. The van der Waals surface area contributed by atoms with Crippen LogP contribution >= 0.6 is 15.9 Å². The standard InChI is InChI=1S/C12H16BrNO/c1-8-6-9(15-2)7-10(11(8)13)12(14)4-3-5-12/h6-7H,3-5,14H2,1-2H3. The Morgan fingerprint density at radius 1 is 1.40 bits per heavy atom. The number of hydrogen-bond acceptors (Lipinski definition) is 2. The summed E-state index contributed by atoms with van der Waals surface area (Å²) in [6.07, 6.45) is 3.36. The molecule has 82 valence electrons. The van der Waals surface area contributed by atoms with Crippen LogP contribution in [0.5, 0.6) is 5.75 Å². The molecular formula is C12H16BrNO. The van der Waals surface area contributed by atoms with E-state index in [9.17, 15) is 0 Å². The number of aryl methyl sites for hydroxylation is 1. The van der Waals surface area contributed by atoms with Gasteiger partial charge in [0.2, 0.25) is 0 Å². The highest BCUT2D eigenvalue weighted by Crippen LogP contribution is 2.44. The number of hydrogen-bond donors (Lipinski definition) is 1. The second-order valence-corrected chi connectivity index (χ2v) is 5.11. The minimum atomic E-state index is -0.141. The van der Waals surface area contributed by atoms with Crippen molar-refractivity contribution in [2.24, 2.45) is 5.73 Å². The first-order valence-corrected chi connectivity index (χ1v) is 5.99. The summed E-state index contributed by atoms with van der Waals surface area (Å²) in [5.74, 6) is 0.891. The van der Waals surface area contributed by atoms with Gasteiger partial charge in [-0.25, -0.2) is 0 Å². The van der Waals surface area contributed by atoms with Crippen LogP contribution in [-0.2, 0) is 5.54 Å². The maximum Gasteiger partial charge on any atom is 0.119 e. The molecule has 1 aromatic rings. The van der Waals surface area contributed by atoms with Crippen LogP contribution in [-0.4, -0.2) is 7.11 Å². The largest absolute Gasteiger partial charge is 0.497 e. The molecule has 1 saturated carbocycles. The third-order valence-corrected chi connectivity index (χ3v) is 4.30. The highest BCUT2D eigenvalue weighted by Gasteiger charge is 2.36. The average molecular weight is 270 g/mol. The van der Waals surface area contributed by atoms with Crippen LogP contribution in [0, 0.1) is 6.92 Å². The Labute approximate surface area is 98.9 Å². The van der Waals surface area contributed by atoms with Gasteiger partial charge in [0, 0.05) is 10.0 Å². The van der Waals surface area contributed by atoms with Crippen molar-refractivity contribution in [2.75, 3.05) is 7.11 Å². The van der Waals surface area contributed by atoms with Crippen molar-refractivity contribution in [1.29, 1.82) is 0 Å². The number of nitrogens with two attached hydrogens (primary N) is 1. The quantitative estimate of drug-likeness (QED) is 0.896. The van der Waals surface area contributed by atoms with E-state index in [0.29, 0.717) is 0 Å². The molecular weight excluding hydrogens is 254 g/mol. The monoisotopic (exact) mass is 269 g/mol. The van der Waals surface area contributed by atoms with Crippen LogP contribution in [0.25, 0.3) is 0 Å². The molecule has 3 heteroatoms. The highest BCUT2D eigenvalue weighted by atomic mass is 79.9. The first-order chi connectivity index (χ1) is 7.07. The lowest BCUT2D eigenvalue weighted by molar-refractivity contribution is 0.251. The number of ether oxygens (including phenoxy) is 1. The third kappa shape index (κ3) is 1.79. The second-order valence-electron chi connectivity index (χ2n) is 4.32. The van der Waals surface area contributed by atoms with Crippen LogP contribution in [0.15, 0.2) is 16.6 Å². The summed E-state index contributed by atoms with van der Waals surface area (Å²) in [4.78, 5) is 0. The predicted molar refractivity (Wildman–Crippen MR) is 65.1 cm³/mol. The molecule has 2 rings (SSSR count). The summed E-state index contributed by atoms with van der Waals surface area (Å²) in [5.41, 5.74) is 8.56. The molecule has 0 saturated heterocycles. The van der Waals surface area contributed by atoms with Gasteiger partial charge in [0.25, 0.3) is 0 Å². The number of halogens is 1. The van der Waals surface area contributed by atoms with Gasteiger partial charge in [-0.1, -0.05) is 15.9 Å². The maximum atomic E-state index is 6.33. The molecule has 2 N–H and O–H groups in total. The number of benzene rings is 1. The molecule has 0 spiro atoms. The van der Waals surface area contributed by atoms with Crippen LogP contribution in [0.2, 0.25) is 0 Å². The van der Waals surface area contributed by atoms with Gasteiger partial charge in [-0.05, 0) is 49.4 Å². The van der Waals surface area contributed by atoms with Gasteiger partial charge in [0.1, 0.15) is 5.75 Å². The van der Waals surface area contributed by atoms with E-state index >= 15 is 0 Å². The smallest absolute Gasteiger partial charge is 0.119 e. The second kappa shape index (κ2) is 3.80. The van der Waals surface area contributed by atoms with Crippen molar-refractivity contribution in [3.8, 4) is 5.75 Å². The van der Waals surface area contributed by atoms with Crippen molar-refractivity contribution in [3.63, 3.8) is 0 Å². The normalized spacial score (nSPS) is 18.4. The molecule has 0 aromatic heterocycles. The van der Waals surface area contributed by atoms with Gasteiger partial charge in [0.15, 0.2) is 0 Å². The zero-order chi connectivity index (χ0) is 11.1. The Bertz CT molecular complexity index is 385. The molecule has 0 bridgehead atoms. The van der Waals surface area contributed by atoms with Crippen LogP contribution in [0.3, 0.4) is 0 Å². The van der Waals surface area contributed by atoms with Gasteiger partial charge >= 0.3 is 0 Å². The molecule has 0 atom stereocenters. The first-order valence-electron chi connectivity index (χ1n) is 5.20. The molecule has 0 amide bonds. The van der Waals surface area contributed by atoms with E-state index in [1.807, 2.05) is 6.07 Å². The molecule has 2 nitrogen and oxygen atoms in total. The summed E-state index contributed by atoms with van der Waals surface area (Å²) in [7, 11) is 1.69. The number of methoxy groups -OCH3 is 1. The molecule has 1 aliphatic rings. The fourth-order valence-corrected chi connectivity index (χ4v) is 2.67. The lowest BCUT2D eigenvalue weighted by atomic mass is 9.72. The fourth-order valence-electron chi connectivity index (χ4n) is 2.04. The molecule has 0 aliphatic heterocycles. The Morgan fingerprint density at radius 2 is 2.07 bits per heavy atom. The van der Waals surface area contributed by atoms with Gasteiger partial charge < -0.3 is 10.5 Å². The predicted octanol–water partition coefficient (Wildman–Crippen LogP) is 3.10. The summed E-state index contributed by atoms with van der Waals surface area (Å²) in [5, 5.41) is 0. The first kappa shape index (κ1) is 11.0. The maximum absolute atomic E-state index is 6.33.